The minimum absolute atomic E-state index is 0.160. The summed E-state index contributed by atoms with van der Waals surface area (Å²) in [5, 5.41) is 0. The molecule has 1 amide bonds. The van der Waals surface area contributed by atoms with Gasteiger partial charge in [-0.15, -0.1) is 0 Å². The predicted molar refractivity (Wildman–Crippen MR) is 142 cm³/mol. The van der Waals surface area contributed by atoms with Crippen LogP contribution in [-0.4, -0.2) is 70.5 Å². The summed E-state index contributed by atoms with van der Waals surface area (Å²) in [6, 6.07) is 15.0. The fourth-order valence-electron chi connectivity index (χ4n) is 5.42. The molecule has 1 saturated heterocycles. The third kappa shape index (κ3) is 6.87. The summed E-state index contributed by atoms with van der Waals surface area (Å²) in [6.45, 7) is 5.54. The molecule has 0 unspecified atom stereocenters. The first-order chi connectivity index (χ1) is 17.3. The number of benzene rings is 2. The Morgan fingerprint density at radius 3 is 2.47 bits per heavy atom. The second-order valence-corrected chi connectivity index (χ2v) is 12.2. The molecule has 0 bridgehead atoms. The van der Waals surface area contributed by atoms with Gasteiger partial charge in [-0.1, -0.05) is 42.3 Å². The van der Waals surface area contributed by atoms with E-state index >= 15 is 0 Å². The Balaban J connectivity index is 1.32. The smallest absolute Gasteiger partial charge is 0.241 e. The van der Waals surface area contributed by atoms with Crippen molar-refractivity contribution in [1.82, 2.24) is 14.5 Å². The number of carbonyl (C=O) groups is 1. The van der Waals surface area contributed by atoms with Gasteiger partial charge in [0, 0.05) is 26.2 Å². The van der Waals surface area contributed by atoms with Crippen LogP contribution in [0.1, 0.15) is 43.2 Å². The van der Waals surface area contributed by atoms with Crippen LogP contribution in [-0.2, 0) is 21.2 Å². The fraction of sp³-hybridized carbons (Fsp3) is 0.536. The van der Waals surface area contributed by atoms with Crippen LogP contribution in [0.2, 0.25) is 0 Å². The number of carbonyl (C=O) groups excluding carboxylic acids is 1. The highest BCUT2D eigenvalue weighted by atomic mass is 32.2. The standard InChI is InChI=1S/C28H39N3O4S/c1-23-10-12-25(13-11-23)36(33,34)29-21-27(32)31-17-15-28(16-18-31)14-6-5-8-24-7-3-4-9-26(24)35-20-19-30(2)22-28/h3-4,7,9-13,29H,5-6,8,14-22H2,1-2H3. The molecule has 36 heavy (non-hydrogen) atoms. The summed E-state index contributed by atoms with van der Waals surface area (Å²) < 4.78 is 33.7. The fourth-order valence-corrected chi connectivity index (χ4v) is 6.39. The molecule has 4 rings (SSSR count). The molecule has 0 atom stereocenters. The number of aryl methyl sites for hydroxylation is 2. The number of likely N-dealkylation sites (N-methyl/N-ethyl adjacent to an activating group) is 1. The first-order valence-corrected chi connectivity index (χ1v) is 14.5. The number of ether oxygens (including phenoxy) is 1. The molecule has 2 aromatic carbocycles. The van der Waals surface area contributed by atoms with Crippen LogP contribution in [0.15, 0.2) is 53.4 Å². The lowest BCUT2D eigenvalue weighted by Crippen LogP contribution is -2.50. The van der Waals surface area contributed by atoms with Crippen LogP contribution in [0.5, 0.6) is 5.75 Å². The first kappa shape index (κ1) is 26.6. The summed E-state index contributed by atoms with van der Waals surface area (Å²) in [5.74, 6) is 0.845. The van der Waals surface area contributed by atoms with Crippen molar-refractivity contribution in [3.05, 3.63) is 59.7 Å². The van der Waals surface area contributed by atoms with Crippen molar-refractivity contribution in [2.24, 2.45) is 5.41 Å². The molecule has 2 aliphatic heterocycles. The highest BCUT2D eigenvalue weighted by Crippen LogP contribution is 2.38. The summed E-state index contributed by atoms with van der Waals surface area (Å²) >= 11 is 0. The molecule has 0 aliphatic carbocycles. The summed E-state index contributed by atoms with van der Waals surface area (Å²) in [5.41, 5.74) is 2.44. The van der Waals surface area contributed by atoms with Gasteiger partial charge in [0.2, 0.25) is 15.9 Å². The number of fused-ring (bicyclic) bond motifs is 1. The normalized spacial score (nSPS) is 19.6. The quantitative estimate of drug-likeness (QED) is 0.676. The van der Waals surface area contributed by atoms with E-state index in [1.54, 1.807) is 24.3 Å². The topological polar surface area (TPSA) is 79.0 Å². The van der Waals surface area contributed by atoms with E-state index in [0.29, 0.717) is 19.7 Å². The third-order valence-electron chi connectivity index (χ3n) is 7.63. The molecule has 2 aromatic rings. The Morgan fingerprint density at radius 1 is 1.00 bits per heavy atom. The lowest BCUT2D eigenvalue weighted by Gasteiger charge is -2.44. The number of para-hydroxylation sites is 1. The van der Waals surface area contributed by atoms with Crippen molar-refractivity contribution in [2.75, 3.05) is 46.4 Å². The second-order valence-electron chi connectivity index (χ2n) is 10.4. The van der Waals surface area contributed by atoms with E-state index in [0.717, 1.165) is 62.9 Å². The average molecular weight is 514 g/mol. The van der Waals surface area contributed by atoms with Crippen LogP contribution in [0.3, 0.4) is 0 Å². The van der Waals surface area contributed by atoms with Gasteiger partial charge in [0.05, 0.1) is 11.4 Å². The van der Waals surface area contributed by atoms with Gasteiger partial charge in [-0.3, -0.25) is 4.79 Å². The summed E-state index contributed by atoms with van der Waals surface area (Å²) in [6.07, 6.45) is 6.30. The van der Waals surface area contributed by atoms with Gasteiger partial charge in [0.25, 0.3) is 0 Å². The number of amides is 1. The van der Waals surface area contributed by atoms with Gasteiger partial charge in [-0.05, 0) is 75.3 Å². The first-order valence-electron chi connectivity index (χ1n) is 13.0. The summed E-state index contributed by atoms with van der Waals surface area (Å²) in [4.78, 5) is 17.2. The number of nitrogens with one attached hydrogen (secondary N) is 1. The monoisotopic (exact) mass is 513 g/mol. The van der Waals surface area contributed by atoms with Crippen molar-refractivity contribution in [2.45, 2.75) is 50.3 Å². The average Bonchev–Trinajstić information content (AvgIpc) is 2.86. The van der Waals surface area contributed by atoms with E-state index in [-0.39, 0.29) is 22.8 Å². The minimum Gasteiger partial charge on any atom is -0.492 e. The maximum Gasteiger partial charge on any atom is 0.241 e. The highest BCUT2D eigenvalue weighted by Gasteiger charge is 2.36. The predicted octanol–water partition coefficient (Wildman–Crippen LogP) is 3.62. The van der Waals surface area contributed by atoms with E-state index in [9.17, 15) is 13.2 Å². The van der Waals surface area contributed by atoms with Crippen molar-refractivity contribution >= 4 is 15.9 Å². The van der Waals surface area contributed by atoms with Crippen molar-refractivity contribution in [3.63, 3.8) is 0 Å². The number of nitrogens with zero attached hydrogens (tertiary/aromatic N) is 2. The SMILES string of the molecule is Cc1ccc(S(=O)(=O)NCC(=O)N2CCC3(CCCCc4ccccc4OCCN(C)C3)CC2)cc1. The molecule has 0 radical (unpaired) electrons. The summed E-state index contributed by atoms with van der Waals surface area (Å²) in [7, 11) is -1.55. The number of sulfonamides is 1. The van der Waals surface area contributed by atoms with E-state index < -0.39 is 10.0 Å². The van der Waals surface area contributed by atoms with Crippen LogP contribution >= 0.6 is 0 Å². The van der Waals surface area contributed by atoms with Crippen LogP contribution in [0, 0.1) is 12.3 Å². The van der Waals surface area contributed by atoms with Gasteiger partial charge in [-0.2, -0.15) is 0 Å². The van der Waals surface area contributed by atoms with Gasteiger partial charge in [-0.25, -0.2) is 13.1 Å². The number of rotatable bonds is 4. The number of likely N-dealkylation sites (tertiary alicyclic amines) is 1. The van der Waals surface area contributed by atoms with E-state index in [1.165, 1.54) is 5.56 Å². The Labute approximate surface area is 215 Å². The number of hydrogen-bond acceptors (Lipinski definition) is 5. The maximum absolute atomic E-state index is 12.9. The molecular weight excluding hydrogens is 474 g/mol. The number of piperidine rings is 1. The van der Waals surface area contributed by atoms with Crippen molar-refractivity contribution in [1.29, 1.82) is 0 Å². The van der Waals surface area contributed by atoms with Crippen LogP contribution in [0.25, 0.3) is 0 Å². The Morgan fingerprint density at radius 2 is 1.72 bits per heavy atom. The van der Waals surface area contributed by atoms with Gasteiger partial charge in [0.15, 0.2) is 0 Å². The lowest BCUT2D eigenvalue weighted by molar-refractivity contribution is -0.132. The molecule has 1 spiro atoms. The Hall–Kier alpha value is -2.42. The van der Waals surface area contributed by atoms with Crippen LogP contribution in [0.4, 0.5) is 0 Å². The Bertz CT molecular complexity index is 1130. The number of hydrogen-bond donors (Lipinski definition) is 1. The molecule has 0 saturated carbocycles. The molecule has 1 N–H and O–H groups in total. The molecule has 2 heterocycles. The van der Waals surface area contributed by atoms with E-state index in [2.05, 4.69) is 34.9 Å². The molecule has 2 aliphatic rings. The molecule has 0 aromatic heterocycles. The Kier molecular flexibility index (Phi) is 8.70. The zero-order chi connectivity index (χ0) is 25.6. The molecule has 8 heteroatoms. The van der Waals surface area contributed by atoms with Crippen molar-refractivity contribution < 1.29 is 17.9 Å². The van der Waals surface area contributed by atoms with Gasteiger partial charge in [0.1, 0.15) is 12.4 Å². The molecule has 1 fully saturated rings. The second kappa shape index (κ2) is 11.8. The molecule has 196 valence electrons. The van der Waals surface area contributed by atoms with Gasteiger partial charge < -0.3 is 14.5 Å². The zero-order valence-electron chi connectivity index (χ0n) is 21.5. The van der Waals surface area contributed by atoms with E-state index in [1.807, 2.05) is 17.9 Å². The zero-order valence-corrected chi connectivity index (χ0v) is 22.4. The molecular formula is C28H39N3O4S. The van der Waals surface area contributed by atoms with Crippen molar-refractivity contribution in [3.8, 4) is 5.75 Å². The minimum atomic E-state index is -3.71. The molecule has 7 nitrogen and oxygen atoms in total. The third-order valence-corrected chi connectivity index (χ3v) is 9.05. The largest absolute Gasteiger partial charge is 0.492 e. The maximum atomic E-state index is 12.9. The highest BCUT2D eigenvalue weighted by molar-refractivity contribution is 7.89. The van der Waals surface area contributed by atoms with Crippen LogP contribution < -0.4 is 9.46 Å². The van der Waals surface area contributed by atoms with Gasteiger partial charge >= 0.3 is 0 Å². The van der Waals surface area contributed by atoms with E-state index in [4.69, 9.17) is 4.74 Å². The lowest BCUT2D eigenvalue weighted by atomic mass is 9.73.